The van der Waals surface area contributed by atoms with Crippen LogP contribution in [0.25, 0.3) is 4.85 Å². The monoisotopic (exact) mass is 237 g/mol. The second kappa shape index (κ2) is 4.68. The predicted molar refractivity (Wildman–Crippen MR) is 62.3 cm³/mol. The molecule has 0 amide bonds. The standard InChI is InChI=1S/C12H13F2N3/c1-15-9-7-10(13)12(11(14)8-9)17-5-3-16(2)4-6-17/h7-8H,3-6H2,2H3. The Balaban J connectivity index is 2.30. The molecule has 5 heteroatoms. The van der Waals surface area contributed by atoms with Crippen molar-refractivity contribution < 1.29 is 8.78 Å². The summed E-state index contributed by atoms with van der Waals surface area (Å²) in [5.41, 5.74) is -0.0108. The third kappa shape index (κ3) is 2.37. The number of hydrogen-bond donors (Lipinski definition) is 0. The molecular weight excluding hydrogens is 224 g/mol. The Bertz CT molecular complexity index is 436. The summed E-state index contributed by atoms with van der Waals surface area (Å²) >= 11 is 0. The first-order chi connectivity index (χ1) is 8.11. The zero-order valence-electron chi connectivity index (χ0n) is 9.58. The average Bonchev–Trinajstić information content (AvgIpc) is 2.30. The van der Waals surface area contributed by atoms with Crippen LogP contribution in [0.5, 0.6) is 0 Å². The van der Waals surface area contributed by atoms with Crippen molar-refractivity contribution in [1.29, 1.82) is 0 Å². The molecule has 0 N–H and O–H groups in total. The van der Waals surface area contributed by atoms with Gasteiger partial charge < -0.3 is 9.80 Å². The Morgan fingerprint density at radius 1 is 1.12 bits per heavy atom. The molecule has 0 radical (unpaired) electrons. The third-order valence-electron chi connectivity index (χ3n) is 2.95. The van der Waals surface area contributed by atoms with Crippen LogP contribution in [0.2, 0.25) is 0 Å². The van der Waals surface area contributed by atoms with E-state index in [0.29, 0.717) is 13.1 Å². The van der Waals surface area contributed by atoms with Gasteiger partial charge in [0, 0.05) is 26.2 Å². The summed E-state index contributed by atoms with van der Waals surface area (Å²) in [7, 11) is 1.98. The number of piperazine rings is 1. The van der Waals surface area contributed by atoms with Crippen LogP contribution < -0.4 is 4.90 Å². The fraction of sp³-hybridized carbons (Fsp3) is 0.417. The first-order valence-corrected chi connectivity index (χ1v) is 5.42. The van der Waals surface area contributed by atoms with Crippen LogP contribution in [-0.2, 0) is 0 Å². The van der Waals surface area contributed by atoms with E-state index in [2.05, 4.69) is 9.74 Å². The molecule has 3 nitrogen and oxygen atoms in total. The number of nitrogens with zero attached hydrogens (tertiary/aromatic N) is 3. The summed E-state index contributed by atoms with van der Waals surface area (Å²) in [6, 6.07) is 2.17. The number of rotatable bonds is 1. The highest BCUT2D eigenvalue weighted by Crippen LogP contribution is 2.28. The van der Waals surface area contributed by atoms with Crippen molar-refractivity contribution in [2.45, 2.75) is 0 Å². The Kier molecular flexibility index (Phi) is 3.25. The second-order valence-electron chi connectivity index (χ2n) is 4.16. The fourth-order valence-electron chi connectivity index (χ4n) is 1.95. The molecule has 0 unspecified atom stereocenters. The van der Waals surface area contributed by atoms with Gasteiger partial charge in [-0.15, -0.1) is 0 Å². The number of benzene rings is 1. The first-order valence-electron chi connectivity index (χ1n) is 5.42. The topological polar surface area (TPSA) is 10.8 Å². The Morgan fingerprint density at radius 3 is 2.12 bits per heavy atom. The van der Waals surface area contributed by atoms with E-state index in [0.717, 1.165) is 25.2 Å². The first kappa shape index (κ1) is 11.8. The van der Waals surface area contributed by atoms with Crippen LogP contribution >= 0.6 is 0 Å². The minimum Gasteiger partial charge on any atom is -0.364 e. The maximum atomic E-state index is 13.7. The molecule has 1 aliphatic heterocycles. The van der Waals surface area contributed by atoms with E-state index in [1.54, 1.807) is 4.90 Å². The maximum Gasteiger partial charge on any atom is 0.193 e. The summed E-state index contributed by atoms with van der Waals surface area (Å²) < 4.78 is 27.5. The molecule has 0 aliphatic carbocycles. The van der Waals surface area contributed by atoms with E-state index in [1.807, 2.05) is 7.05 Å². The molecule has 1 aliphatic rings. The molecule has 1 saturated heterocycles. The van der Waals surface area contributed by atoms with Gasteiger partial charge >= 0.3 is 0 Å². The molecule has 1 heterocycles. The molecule has 17 heavy (non-hydrogen) atoms. The van der Waals surface area contributed by atoms with Crippen molar-refractivity contribution in [2.75, 3.05) is 38.1 Å². The molecule has 0 bridgehead atoms. The highest BCUT2D eigenvalue weighted by molar-refractivity contribution is 5.58. The van der Waals surface area contributed by atoms with Crippen LogP contribution in [0.3, 0.4) is 0 Å². The van der Waals surface area contributed by atoms with E-state index < -0.39 is 11.6 Å². The van der Waals surface area contributed by atoms with Crippen molar-refractivity contribution in [2.24, 2.45) is 0 Å². The van der Waals surface area contributed by atoms with Gasteiger partial charge in [-0.2, -0.15) is 0 Å². The van der Waals surface area contributed by atoms with Gasteiger partial charge in [0.15, 0.2) is 5.69 Å². The van der Waals surface area contributed by atoms with Gasteiger partial charge in [-0.25, -0.2) is 13.6 Å². The third-order valence-corrected chi connectivity index (χ3v) is 2.95. The summed E-state index contributed by atoms with van der Waals surface area (Å²) in [5, 5.41) is 0. The Morgan fingerprint density at radius 2 is 1.65 bits per heavy atom. The number of likely N-dealkylation sites (N-methyl/N-ethyl adjacent to an activating group) is 1. The molecule has 2 rings (SSSR count). The van der Waals surface area contributed by atoms with E-state index in [-0.39, 0.29) is 11.4 Å². The number of anilines is 1. The molecule has 0 spiro atoms. The van der Waals surface area contributed by atoms with Crippen molar-refractivity contribution in [3.05, 3.63) is 35.2 Å². The van der Waals surface area contributed by atoms with E-state index in [4.69, 9.17) is 6.57 Å². The van der Waals surface area contributed by atoms with Crippen molar-refractivity contribution in [1.82, 2.24) is 4.90 Å². The summed E-state index contributed by atoms with van der Waals surface area (Å²) in [5.74, 6) is -1.30. The van der Waals surface area contributed by atoms with Crippen molar-refractivity contribution >= 4 is 11.4 Å². The normalized spacial score (nSPS) is 16.9. The van der Waals surface area contributed by atoms with Crippen LogP contribution in [0.1, 0.15) is 0 Å². The summed E-state index contributed by atoms with van der Waals surface area (Å²) in [6.07, 6.45) is 0. The molecule has 0 saturated carbocycles. The van der Waals surface area contributed by atoms with E-state index in [9.17, 15) is 8.78 Å². The largest absolute Gasteiger partial charge is 0.364 e. The predicted octanol–water partition coefficient (Wildman–Crippen LogP) is 2.27. The van der Waals surface area contributed by atoms with Crippen molar-refractivity contribution in [3.63, 3.8) is 0 Å². The zero-order chi connectivity index (χ0) is 12.4. The molecule has 1 aromatic carbocycles. The lowest BCUT2D eigenvalue weighted by atomic mass is 10.2. The van der Waals surface area contributed by atoms with Gasteiger partial charge in [-0.3, -0.25) is 0 Å². The van der Waals surface area contributed by atoms with Gasteiger partial charge in [-0.1, -0.05) is 0 Å². The van der Waals surface area contributed by atoms with Crippen LogP contribution in [-0.4, -0.2) is 38.1 Å². The van der Waals surface area contributed by atoms with Gasteiger partial charge in [0.25, 0.3) is 0 Å². The SMILES string of the molecule is [C-]#[N+]c1cc(F)c(N2CCN(C)CC2)c(F)c1. The number of hydrogen-bond acceptors (Lipinski definition) is 2. The highest BCUT2D eigenvalue weighted by atomic mass is 19.1. The van der Waals surface area contributed by atoms with Gasteiger partial charge in [0.1, 0.15) is 17.3 Å². The van der Waals surface area contributed by atoms with Gasteiger partial charge in [0.05, 0.1) is 6.57 Å². The van der Waals surface area contributed by atoms with Crippen LogP contribution in [0.15, 0.2) is 12.1 Å². The highest BCUT2D eigenvalue weighted by Gasteiger charge is 2.21. The maximum absolute atomic E-state index is 13.7. The Hall–Kier alpha value is -1.67. The molecule has 0 aromatic heterocycles. The average molecular weight is 237 g/mol. The number of halogens is 2. The van der Waals surface area contributed by atoms with Crippen LogP contribution in [0.4, 0.5) is 20.2 Å². The molecular formula is C12H13F2N3. The smallest absolute Gasteiger partial charge is 0.193 e. The van der Waals surface area contributed by atoms with Crippen LogP contribution in [0, 0.1) is 18.2 Å². The summed E-state index contributed by atoms with van der Waals surface area (Å²) in [6.45, 7) is 9.51. The minimum atomic E-state index is -0.652. The fourth-order valence-corrected chi connectivity index (χ4v) is 1.95. The lowest BCUT2D eigenvalue weighted by Gasteiger charge is -2.34. The quantitative estimate of drug-likeness (QED) is 0.694. The van der Waals surface area contributed by atoms with Gasteiger partial charge in [0.2, 0.25) is 0 Å². The van der Waals surface area contributed by atoms with Gasteiger partial charge in [-0.05, 0) is 19.2 Å². The molecule has 1 fully saturated rings. The summed E-state index contributed by atoms with van der Waals surface area (Å²) in [4.78, 5) is 6.84. The lowest BCUT2D eigenvalue weighted by molar-refractivity contribution is 0.310. The van der Waals surface area contributed by atoms with Crippen molar-refractivity contribution in [3.8, 4) is 0 Å². The molecule has 0 atom stereocenters. The molecule has 90 valence electrons. The lowest BCUT2D eigenvalue weighted by Crippen LogP contribution is -2.45. The van der Waals surface area contributed by atoms with E-state index in [1.165, 1.54) is 0 Å². The molecule has 1 aromatic rings. The second-order valence-corrected chi connectivity index (χ2v) is 4.16. The van der Waals surface area contributed by atoms with E-state index >= 15 is 0 Å². The minimum absolute atomic E-state index is 0.00197. The Labute approximate surface area is 99.1 Å². The zero-order valence-corrected chi connectivity index (χ0v) is 9.58.